The van der Waals surface area contributed by atoms with Gasteiger partial charge in [0.15, 0.2) is 0 Å². The van der Waals surface area contributed by atoms with Crippen LogP contribution in [0.15, 0.2) is 24.5 Å². The summed E-state index contributed by atoms with van der Waals surface area (Å²) in [4.78, 5) is 35.0. The van der Waals surface area contributed by atoms with E-state index in [0.717, 1.165) is 22.8 Å². The van der Waals surface area contributed by atoms with E-state index in [1.807, 2.05) is 50.4 Å². The predicted molar refractivity (Wildman–Crippen MR) is 128 cm³/mol. The Kier molecular flexibility index (Phi) is 5.80. The number of nitrogens with two attached hydrogens (primary N) is 3. The number of nitrogens with one attached hydrogen (secondary N) is 3. The van der Waals surface area contributed by atoms with Crippen LogP contribution in [0.25, 0.3) is 0 Å². The van der Waals surface area contributed by atoms with Gasteiger partial charge in [0.1, 0.15) is 0 Å². The van der Waals surface area contributed by atoms with Crippen molar-refractivity contribution >= 4 is 47.1 Å². The maximum Gasteiger partial charge on any atom is 0.236 e. The van der Waals surface area contributed by atoms with Crippen LogP contribution in [0.1, 0.15) is 11.4 Å². The summed E-state index contributed by atoms with van der Waals surface area (Å²) in [5.41, 5.74) is 20.9. The molecular weight excluding hydrogens is 424 g/mol. The van der Waals surface area contributed by atoms with E-state index in [-0.39, 0.29) is 17.8 Å². The lowest BCUT2D eigenvalue weighted by Crippen LogP contribution is -2.24. The monoisotopic (exact) mass is 450 g/mol. The average Bonchev–Trinajstić information content (AvgIpc) is 3.39. The Balaban J connectivity index is 1.41. The number of aryl methyl sites for hydroxylation is 1. The third-order valence-electron chi connectivity index (χ3n) is 4.97. The molecule has 0 saturated heterocycles. The first kappa shape index (κ1) is 21.6. The third kappa shape index (κ3) is 5.00. The summed E-state index contributed by atoms with van der Waals surface area (Å²) in [5, 5.41) is 3.16. The minimum absolute atomic E-state index is 0.0684. The van der Waals surface area contributed by atoms with Crippen LogP contribution in [0.3, 0.4) is 0 Å². The number of likely N-dealkylation sites (N-methyl/N-ethyl adjacent to an activating group) is 1. The molecule has 0 radical (unpaired) electrons. The van der Waals surface area contributed by atoms with E-state index in [9.17, 15) is 0 Å². The topological polar surface area (TPSA) is 205 Å². The van der Waals surface area contributed by atoms with Crippen molar-refractivity contribution in [2.24, 2.45) is 0 Å². The van der Waals surface area contributed by atoms with E-state index in [2.05, 4.69) is 45.2 Å². The average molecular weight is 451 g/mol. The van der Waals surface area contributed by atoms with Crippen LogP contribution in [-0.2, 0) is 6.42 Å². The molecular formula is C19H26N14. The second-order valence-electron chi connectivity index (χ2n) is 7.42. The number of rotatable bonds is 8. The summed E-state index contributed by atoms with van der Waals surface area (Å²) in [6.07, 6.45) is 4.40. The van der Waals surface area contributed by atoms with Gasteiger partial charge in [0.05, 0.1) is 11.4 Å². The SMILES string of the molecule is Cc1[nH]ccc1Nc1nc(N)nc(N(C)CCc2cc(N(C)c3nc(N)nc(N)n3)c[nH]2)n1. The van der Waals surface area contributed by atoms with Crippen LogP contribution in [0, 0.1) is 6.92 Å². The van der Waals surface area contributed by atoms with Crippen molar-refractivity contribution in [2.45, 2.75) is 13.3 Å². The van der Waals surface area contributed by atoms with E-state index < -0.39 is 0 Å². The molecule has 0 aromatic carbocycles. The van der Waals surface area contributed by atoms with Crippen LogP contribution in [0.5, 0.6) is 0 Å². The van der Waals surface area contributed by atoms with Crippen molar-refractivity contribution in [3.05, 3.63) is 35.9 Å². The number of nitrogens with zero attached hydrogens (tertiary/aromatic N) is 8. The first-order valence-electron chi connectivity index (χ1n) is 10.1. The minimum atomic E-state index is 0.0684. The predicted octanol–water partition coefficient (Wildman–Crippen LogP) is 0.958. The highest BCUT2D eigenvalue weighted by atomic mass is 15.3. The molecule has 14 heteroatoms. The number of aromatic amines is 2. The smallest absolute Gasteiger partial charge is 0.236 e. The molecule has 4 aromatic heterocycles. The molecule has 0 amide bonds. The van der Waals surface area contributed by atoms with Gasteiger partial charge in [0.2, 0.25) is 35.7 Å². The number of hydrogen-bond donors (Lipinski definition) is 6. The molecule has 9 N–H and O–H groups in total. The zero-order chi connectivity index (χ0) is 23.5. The first-order chi connectivity index (χ1) is 15.8. The summed E-state index contributed by atoms with van der Waals surface area (Å²) in [7, 11) is 3.72. The highest BCUT2D eigenvalue weighted by Gasteiger charge is 2.14. The molecule has 4 heterocycles. The fourth-order valence-electron chi connectivity index (χ4n) is 3.13. The Morgan fingerprint density at radius 3 is 2.30 bits per heavy atom. The van der Waals surface area contributed by atoms with E-state index in [4.69, 9.17) is 17.2 Å². The largest absolute Gasteiger partial charge is 0.368 e. The summed E-state index contributed by atoms with van der Waals surface area (Å²) >= 11 is 0. The van der Waals surface area contributed by atoms with Gasteiger partial charge >= 0.3 is 0 Å². The third-order valence-corrected chi connectivity index (χ3v) is 4.97. The van der Waals surface area contributed by atoms with Gasteiger partial charge in [-0.25, -0.2) is 0 Å². The van der Waals surface area contributed by atoms with Gasteiger partial charge in [-0.2, -0.15) is 29.9 Å². The normalized spacial score (nSPS) is 10.9. The lowest BCUT2D eigenvalue weighted by molar-refractivity contribution is 0.821. The second kappa shape index (κ2) is 8.86. The Labute approximate surface area is 189 Å². The zero-order valence-corrected chi connectivity index (χ0v) is 18.5. The summed E-state index contributed by atoms with van der Waals surface area (Å²) in [6, 6.07) is 3.89. The molecule has 4 aromatic rings. The summed E-state index contributed by atoms with van der Waals surface area (Å²) in [5.74, 6) is 1.49. The van der Waals surface area contributed by atoms with Crippen molar-refractivity contribution in [3.63, 3.8) is 0 Å². The standard InChI is InChI=1S/C19H26N14/c1-10-13(4-6-23-10)25-17-27-16(22)28-18(31-17)32(2)7-5-11-8-12(9-24-11)33(3)19-29-14(20)26-15(21)30-19/h4,6,8-9,23-24H,5,7H2,1-3H3,(H4,20,21,26,29,30)(H3,22,25,27,28,31). The minimum Gasteiger partial charge on any atom is -0.368 e. The van der Waals surface area contributed by atoms with Gasteiger partial charge in [0.25, 0.3) is 0 Å². The highest BCUT2D eigenvalue weighted by Crippen LogP contribution is 2.23. The van der Waals surface area contributed by atoms with E-state index in [1.165, 1.54) is 0 Å². The maximum absolute atomic E-state index is 5.90. The lowest BCUT2D eigenvalue weighted by Gasteiger charge is -2.17. The van der Waals surface area contributed by atoms with Gasteiger partial charge in [-0.15, -0.1) is 0 Å². The molecule has 0 bridgehead atoms. The van der Waals surface area contributed by atoms with Crippen LogP contribution in [0.4, 0.5) is 47.1 Å². The van der Waals surface area contributed by atoms with E-state index in [1.54, 1.807) is 4.90 Å². The molecule has 0 aliphatic heterocycles. The molecule has 172 valence electrons. The lowest BCUT2D eigenvalue weighted by atomic mass is 10.3. The van der Waals surface area contributed by atoms with Crippen LogP contribution in [0.2, 0.25) is 0 Å². The number of H-pyrrole nitrogens is 2. The zero-order valence-electron chi connectivity index (χ0n) is 18.5. The van der Waals surface area contributed by atoms with Gasteiger partial charge in [-0.1, -0.05) is 0 Å². The molecule has 14 nitrogen and oxygen atoms in total. The first-order valence-corrected chi connectivity index (χ1v) is 10.1. The van der Waals surface area contributed by atoms with Crippen molar-refractivity contribution in [1.82, 2.24) is 39.9 Å². The van der Waals surface area contributed by atoms with Gasteiger partial charge in [-0.3, -0.25) is 0 Å². The van der Waals surface area contributed by atoms with E-state index >= 15 is 0 Å². The molecule has 0 unspecified atom stereocenters. The highest BCUT2D eigenvalue weighted by molar-refractivity contribution is 5.59. The molecule has 0 atom stereocenters. The molecule has 0 aliphatic carbocycles. The summed E-state index contributed by atoms with van der Waals surface area (Å²) < 4.78 is 0. The fraction of sp³-hybridized carbons (Fsp3) is 0.263. The van der Waals surface area contributed by atoms with Gasteiger partial charge in [-0.05, 0) is 19.1 Å². The van der Waals surface area contributed by atoms with Crippen LogP contribution < -0.4 is 32.3 Å². The molecule has 33 heavy (non-hydrogen) atoms. The Hall–Kier alpha value is -4.62. The van der Waals surface area contributed by atoms with Gasteiger partial charge < -0.3 is 42.3 Å². The Bertz CT molecular complexity index is 1220. The molecule has 0 spiro atoms. The molecule has 0 saturated carbocycles. The van der Waals surface area contributed by atoms with Crippen molar-refractivity contribution in [3.8, 4) is 0 Å². The fourth-order valence-corrected chi connectivity index (χ4v) is 3.13. The van der Waals surface area contributed by atoms with E-state index in [0.29, 0.717) is 30.8 Å². The molecule has 4 rings (SSSR count). The van der Waals surface area contributed by atoms with Crippen LogP contribution in [-0.4, -0.2) is 60.5 Å². The van der Waals surface area contributed by atoms with Crippen molar-refractivity contribution < 1.29 is 0 Å². The quantitative estimate of drug-likeness (QED) is 0.222. The Morgan fingerprint density at radius 2 is 1.61 bits per heavy atom. The molecule has 0 fully saturated rings. The van der Waals surface area contributed by atoms with Crippen molar-refractivity contribution in [1.29, 1.82) is 0 Å². The second-order valence-corrected chi connectivity index (χ2v) is 7.42. The van der Waals surface area contributed by atoms with Crippen molar-refractivity contribution in [2.75, 3.05) is 53.0 Å². The maximum atomic E-state index is 5.90. The Morgan fingerprint density at radius 1 is 0.909 bits per heavy atom. The number of anilines is 8. The number of hydrogen-bond acceptors (Lipinski definition) is 12. The molecule has 0 aliphatic rings. The van der Waals surface area contributed by atoms with Crippen LogP contribution >= 0.6 is 0 Å². The number of nitrogen functional groups attached to an aromatic ring is 3. The van der Waals surface area contributed by atoms with Gasteiger partial charge in [0, 0.05) is 50.8 Å². The summed E-state index contributed by atoms with van der Waals surface area (Å²) in [6.45, 7) is 2.59. The number of aromatic nitrogens is 8.